The second-order valence-electron chi connectivity index (χ2n) is 7.04. The maximum atomic E-state index is 13.2. The molecule has 0 bridgehead atoms. The van der Waals surface area contributed by atoms with E-state index in [0.717, 1.165) is 29.3 Å². The number of furan rings is 1. The molecule has 0 saturated heterocycles. The lowest BCUT2D eigenvalue weighted by molar-refractivity contribution is -0.132. The fourth-order valence-corrected chi connectivity index (χ4v) is 4.74. The Hall–Kier alpha value is -3.26. The summed E-state index contributed by atoms with van der Waals surface area (Å²) in [6.45, 7) is 2.54. The number of hydrogen-bond donors (Lipinski definition) is 0. The van der Waals surface area contributed by atoms with Crippen LogP contribution in [0.4, 0.5) is 0 Å². The minimum atomic E-state index is -0.157. The number of aryl methyl sites for hydroxylation is 1. The van der Waals surface area contributed by atoms with E-state index in [1.54, 1.807) is 22.3 Å². The van der Waals surface area contributed by atoms with Crippen molar-refractivity contribution in [1.82, 2.24) is 25.1 Å². The number of nitrogens with zero attached hydrogens (tertiary/aromatic N) is 5. The van der Waals surface area contributed by atoms with Crippen molar-refractivity contribution in [2.24, 2.45) is 0 Å². The summed E-state index contributed by atoms with van der Waals surface area (Å²) in [7, 11) is 0. The van der Waals surface area contributed by atoms with Crippen molar-refractivity contribution >= 4 is 17.2 Å². The second kappa shape index (κ2) is 7.29. The van der Waals surface area contributed by atoms with Crippen LogP contribution in [0.5, 0.6) is 0 Å². The van der Waals surface area contributed by atoms with Crippen LogP contribution in [0.25, 0.3) is 5.69 Å². The molecule has 5 rings (SSSR count). The third-order valence-electron chi connectivity index (χ3n) is 5.26. The van der Waals surface area contributed by atoms with E-state index in [0.29, 0.717) is 13.0 Å². The maximum absolute atomic E-state index is 13.2. The van der Waals surface area contributed by atoms with Gasteiger partial charge in [-0.2, -0.15) is 4.68 Å². The summed E-state index contributed by atoms with van der Waals surface area (Å²) >= 11 is 1.75. The van der Waals surface area contributed by atoms with Gasteiger partial charge in [-0.05, 0) is 70.6 Å². The molecule has 4 heterocycles. The predicted molar refractivity (Wildman–Crippen MR) is 108 cm³/mol. The molecule has 1 aromatic carbocycles. The molecule has 8 heteroatoms. The van der Waals surface area contributed by atoms with Crippen LogP contribution in [0.2, 0.25) is 0 Å². The van der Waals surface area contributed by atoms with Crippen LogP contribution in [-0.2, 0) is 17.6 Å². The van der Waals surface area contributed by atoms with Gasteiger partial charge in [-0.15, -0.1) is 16.4 Å². The molecular formula is C21H19N5O2S. The molecule has 146 valence electrons. The predicted octanol–water partition coefficient (Wildman–Crippen LogP) is 3.34. The van der Waals surface area contributed by atoms with Crippen molar-refractivity contribution in [3.8, 4) is 5.69 Å². The summed E-state index contributed by atoms with van der Waals surface area (Å²) in [4.78, 5) is 16.5. The smallest absolute Gasteiger partial charge is 0.227 e. The van der Waals surface area contributed by atoms with Crippen LogP contribution in [0.15, 0.2) is 58.5 Å². The highest BCUT2D eigenvalue weighted by Gasteiger charge is 2.34. The molecule has 0 N–H and O–H groups in total. The Bertz CT molecular complexity index is 1130. The van der Waals surface area contributed by atoms with E-state index in [1.165, 1.54) is 10.4 Å². The molecule has 0 radical (unpaired) electrons. The Kier molecular flexibility index (Phi) is 4.48. The van der Waals surface area contributed by atoms with Gasteiger partial charge in [-0.25, -0.2) is 0 Å². The van der Waals surface area contributed by atoms with Crippen molar-refractivity contribution in [1.29, 1.82) is 0 Å². The average Bonchev–Trinajstić information content (AvgIpc) is 3.49. The van der Waals surface area contributed by atoms with Crippen LogP contribution in [0.3, 0.4) is 0 Å². The molecule has 0 fully saturated rings. The quantitative estimate of drug-likeness (QED) is 0.520. The Morgan fingerprint density at radius 3 is 2.83 bits per heavy atom. The zero-order valence-electron chi connectivity index (χ0n) is 15.9. The molecule has 1 amide bonds. The molecule has 1 atom stereocenters. The highest BCUT2D eigenvalue weighted by Crippen LogP contribution is 2.38. The van der Waals surface area contributed by atoms with Crippen molar-refractivity contribution in [2.45, 2.75) is 25.8 Å². The minimum Gasteiger partial charge on any atom is -0.467 e. The highest BCUT2D eigenvalue weighted by atomic mass is 32.1. The molecule has 4 aromatic rings. The maximum Gasteiger partial charge on any atom is 0.227 e. The Balaban J connectivity index is 1.38. The molecule has 1 unspecified atom stereocenters. The van der Waals surface area contributed by atoms with Crippen LogP contribution in [0.1, 0.15) is 33.6 Å². The van der Waals surface area contributed by atoms with Gasteiger partial charge in [0.05, 0.1) is 18.4 Å². The Labute approximate surface area is 171 Å². The van der Waals surface area contributed by atoms with E-state index in [-0.39, 0.29) is 11.9 Å². The summed E-state index contributed by atoms with van der Waals surface area (Å²) < 4.78 is 7.36. The van der Waals surface area contributed by atoms with E-state index in [4.69, 9.17) is 4.42 Å². The first-order chi connectivity index (χ1) is 14.2. The lowest BCUT2D eigenvalue weighted by Crippen LogP contribution is -2.40. The molecular weight excluding hydrogens is 386 g/mol. The van der Waals surface area contributed by atoms with E-state index in [2.05, 4.69) is 27.0 Å². The van der Waals surface area contributed by atoms with Gasteiger partial charge >= 0.3 is 0 Å². The van der Waals surface area contributed by atoms with E-state index < -0.39 is 0 Å². The first-order valence-electron chi connectivity index (χ1n) is 9.44. The van der Waals surface area contributed by atoms with Gasteiger partial charge in [-0.3, -0.25) is 4.79 Å². The van der Waals surface area contributed by atoms with Gasteiger partial charge < -0.3 is 9.32 Å². The molecule has 3 aromatic heterocycles. The van der Waals surface area contributed by atoms with Crippen molar-refractivity contribution in [3.63, 3.8) is 0 Å². The summed E-state index contributed by atoms with van der Waals surface area (Å²) in [5, 5.41) is 13.6. The standard InChI is InChI=1S/C21H19N5O2S/c1-14-22-23-24-26(14)16-6-4-15(5-7-16)13-20(27)25-10-8-19-17(9-12-29-19)21(25)18-3-2-11-28-18/h2-7,9,11-12,21H,8,10,13H2,1H3. The molecule has 1 aliphatic heterocycles. The number of carbonyl (C=O) groups is 1. The summed E-state index contributed by atoms with van der Waals surface area (Å²) in [6.07, 6.45) is 2.89. The first kappa shape index (κ1) is 17.8. The Morgan fingerprint density at radius 1 is 1.24 bits per heavy atom. The third kappa shape index (κ3) is 3.25. The fourth-order valence-electron chi connectivity index (χ4n) is 3.84. The average molecular weight is 405 g/mol. The van der Waals surface area contributed by atoms with Gasteiger partial charge in [0, 0.05) is 11.4 Å². The van der Waals surface area contributed by atoms with Crippen LogP contribution >= 0.6 is 11.3 Å². The van der Waals surface area contributed by atoms with Crippen LogP contribution < -0.4 is 0 Å². The number of tetrazole rings is 1. The number of carbonyl (C=O) groups excluding carboxylic acids is 1. The first-order valence-corrected chi connectivity index (χ1v) is 10.3. The topological polar surface area (TPSA) is 77.1 Å². The van der Waals surface area contributed by atoms with Gasteiger partial charge in [0.15, 0.2) is 5.82 Å². The van der Waals surface area contributed by atoms with Crippen LogP contribution in [0, 0.1) is 6.92 Å². The van der Waals surface area contributed by atoms with E-state index >= 15 is 0 Å². The van der Waals surface area contributed by atoms with Gasteiger partial charge in [-0.1, -0.05) is 12.1 Å². The lowest BCUT2D eigenvalue weighted by atomic mass is 9.97. The SMILES string of the molecule is Cc1nnnn1-c1ccc(CC(=O)N2CCc3sccc3C2c2ccco2)cc1. The van der Waals surface area contributed by atoms with Crippen molar-refractivity contribution in [3.05, 3.63) is 81.7 Å². The van der Waals surface area contributed by atoms with Gasteiger partial charge in [0.2, 0.25) is 5.91 Å². The number of amides is 1. The van der Waals surface area contributed by atoms with Crippen molar-refractivity contribution in [2.75, 3.05) is 6.54 Å². The molecule has 0 saturated carbocycles. The fraction of sp³-hybridized carbons (Fsp3) is 0.238. The highest BCUT2D eigenvalue weighted by molar-refractivity contribution is 7.10. The second-order valence-corrected chi connectivity index (χ2v) is 8.04. The van der Waals surface area contributed by atoms with Crippen LogP contribution in [-0.4, -0.2) is 37.6 Å². The number of aromatic nitrogens is 4. The van der Waals surface area contributed by atoms with E-state index in [9.17, 15) is 4.79 Å². The summed E-state index contributed by atoms with van der Waals surface area (Å²) in [5.74, 6) is 1.62. The Morgan fingerprint density at radius 2 is 2.10 bits per heavy atom. The molecule has 1 aliphatic rings. The van der Waals surface area contributed by atoms with Gasteiger partial charge in [0.25, 0.3) is 0 Å². The number of rotatable bonds is 4. The molecule has 0 aliphatic carbocycles. The number of fused-ring (bicyclic) bond motifs is 1. The van der Waals surface area contributed by atoms with Gasteiger partial charge in [0.1, 0.15) is 11.8 Å². The molecule has 0 spiro atoms. The largest absolute Gasteiger partial charge is 0.467 e. The lowest BCUT2D eigenvalue weighted by Gasteiger charge is -2.35. The monoisotopic (exact) mass is 405 g/mol. The summed E-state index contributed by atoms with van der Waals surface area (Å²) in [6, 6.07) is 13.5. The minimum absolute atomic E-state index is 0.0922. The van der Waals surface area contributed by atoms with E-state index in [1.807, 2.05) is 48.2 Å². The molecule has 29 heavy (non-hydrogen) atoms. The zero-order valence-corrected chi connectivity index (χ0v) is 16.7. The number of hydrogen-bond acceptors (Lipinski definition) is 6. The third-order valence-corrected chi connectivity index (χ3v) is 6.26. The molecule has 7 nitrogen and oxygen atoms in total. The normalized spacial score (nSPS) is 16.0. The van der Waals surface area contributed by atoms with Crippen molar-refractivity contribution < 1.29 is 9.21 Å². The number of thiophene rings is 1. The zero-order chi connectivity index (χ0) is 19.8. The summed E-state index contributed by atoms with van der Waals surface area (Å²) in [5.41, 5.74) is 3.01. The number of benzene rings is 1.